The van der Waals surface area contributed by atoms with Gasteiger partial charge in [0.05, 0.1) is 12.0 Å². The van der Waals surface area contributed by atoms with Gasteiger partial charge in [-0.2, -0.15) is 0 Å². The zero-order chi connectivity index (χ0) is 22.1. The minimum Gasteiger partial charge on any atom is -0.350 e. The SMILES string of the molecule is CCC(=O)N[C@@H](Cc1cn(-c2ccccc2)cn1)C(=O)N[C@H](CN)Cc1ccccc1. The Morgan fingerprint density at radius 2 is 1.68 bits per heavy atom. The highest BCUT2D eigenvalue weighted by Gasteiger charge is 2.24. The van der Waals surface area contributed by atoms with E-state index >= 15 is 0 Å². The summed E-state index contributed by atoms with van der Waals surface area (Å²) in [6, 6.07) is 18.7. The topological polar surface area (TPSA) is 102 Å². The number of imidazole rings is 1. The molecule has 3 aromatic rings. The maximum absolute atomic E-state index is 13.0. The third-order valence-electron chi connectivity index (χ3n) is 5.03. The van der Waals surface area contributed by atoms with Crippen LogP contribution in [-0.2, 0) is 22.4 Å². The van der Waals surface area contributed by atoms with Gasteiger partial charge in [0, 0.05) is 37.3 Å². The van der Waals surface area contributed by atoms with Crippen molar-refractivity contribution >= 4 is 11.8 Å². The fourth-order valence-electron chi connectivity index (χ4n) is 3.32. The van der Waals surface area contributed by atoms with Gasteiger partial charge in [0.25, 0.3) is 0 Å². The van der Waals surface area contributed by atoms with E-state index in [1.165, 1.54) is 0 Å². The largest absolute Gasteiger partial charge is 0.350 e. The summed E-state index contributed by atoms with van der Waals surface area (Å²) in [7, 11) is 0. The Hall–Kier alpha value is -3.45. The lowest BCUT2D eigenvalue weighted by Crippen LogP contribution is -2.52. The standard InChI is InChI=1S/C24H29N5O2/c1-2-23(30)28-22(14-20-16-29(17-26-20)21-11-7-4-8-12-21)24(31)27-19(15-25)13-18-9-5-3-6-10-18/h3-12,16-17,19,22H,2,13-15,25H2,1H3,(H,27,31)(H,28,30)/t19-,22-/m0/s1. The molecule has 1 heterocycles. The van der Waals surface area contributed by atoms with Crippen LogP contribution >= 0.6 is 0 Å². The molecule has 0 aliphatic heterocycles. The molecule has 4 N–H and O–H groups in total. The molecule has 0 fully saturated rings. The van der Waals surface area contributed by atoms with Crippen LogP contribution in [0, 0.1) is 0 Å². The lowest BCUT2D eigenvalue weighted by molar-refractivity contribution is -0.129. The van der Waals surface area contributed by atoms with Gasteiger partial charge in [-0.3, -0.25) is 9.59 Å². The molecule has 0 aliphatic carbocycles. The number of nitrogens with two attached hydrogens (primary N) is 1. The van der Waals surface area contributed by atoms with E-state index in [2.05, 4.69) is 15.6 Å². The second-order valence-corrected chi connectivity index (χ2v) is 7.42. The summed E-state index contributed by atoms with van der Waals surface area (Å²) in [6.07, 6.45) is 4.80. The van der Waals surface area contributed by atoms with Crippen molar-refractivity contribution < 1.29 is 9.59 Å². The average molecular weight is 420 g/mol. The first-order valence-electron chi connectivity index (χ1n) is 10.5. The van der Waals surface area contributed by atoms with E-state index in [-0.39, 0.29) is 17.9 Å². The number of hydrogen-bond donors (Lipinski definition) is 3. The van der Waals surface area contributed by atoms with Gasteiger partial charge in [-0.05, 0) is 24.1 Å². The van der Waals surface area contributed by atoms with Crippen molar-refractivity contribution in [3.05, 3.63) is 84.4 Å². The normalized spacial score (nSPS) is 12.7. The maximum atomic E-state index is 13.0. The van der Waals surface area contributed by atoms with Crippen molar-refractivity contribution in [3.8, 4) is 5.69 Å². The molecule has 0 spiro atoms. The van der Waals surface area contributed by atoms with E-state index in [9.17, 15) is 9.59 Å². The number of amides is 2. The minimum atomic E-state index is -0.726. The van der Waals surface area contributed by atoms with E-state index < -0.39 is 6.04 Å². The van der Waals surface area contributed by atoms with Crippen LogP contribution in [-0.4, -0.2) is 40.0 Å². The van der Waals surface area contributed by atoms with Crippen molar-refractivity contribution in [2.75, 3.05) is 6.54 Å². The van der Waals surface area contributed by atoms with Gasteiger partial charge in [-0.25, -0.2) is 4.98 Å². The molecule has 0 aliphatic rings. The summed E-state index contributed by atoms with van der Waals surface area (Å²) in [5.74, 6) is -0.447. The summed E-state index contributed by atoms with van der Waals surface area (Å²) in [4.78, 5) is 29.5. The van der Waals surface area contributed by atoms with Crippen LogP contribution < -0.4 is 16.4 Å². The van der Waals surface area contributed by atoms with Gasteiger partial charge in [0.2, 0.25) is 11.8 Å². The van der Waals surface area contributed by atoms with Gasteiger partial charge in [-0.15, -0.1) is 0 Å². The van der Waals surface area contributed by atoms with Crippen LogP contribution in [0.3, 0.4) is 0 Å². The molecule has 0 saturated carbocycles. The summed E-state index contributed by atoms with van der Waals surface area (Å²) >= 11 is 0. The summed E-state index contributed by atoms with van der Waals surface area (Å²) in [5.41, 5.74) is 8.68. The van der Waals surface area contributed by atoms with Crippen LogP contribution in [0.4, 0.5) is 0 Å². The molecule has 2 atom stereocenters. The quantitative estimate of drug-likeness (QED) is 0.468. The molecule has 2 amide bonds. The molecule has 0 bridgehead atoms. The van der Waals surface area contributed by atoms with Gasteiger partial charge in [0.15, 0.2) is 0 Å². The van der Waals surface area contributed by atoms with Crippen molar-refractivity contribution in [2.24, 2.45) is 5.73 Å². The number of para-hydroxylation sites is 1. The Kier molecular flexibility index (Phi) is 7.95. The molecule has 7 heteroatoms. The van der Waals surface area contributed by atoms with E-state index in [0.717, 1.165) is 11.3 Å². The maximum Gasteiger partial charge on any atom is 0.243 e. The lowest BCUT2D eigenvalue weighted by atomic mass is 10.0. The van der Waals surface area contributed by atoms with E-state index in [4.69, 9.17) is 5.73 Å². The minimum absolute atomic E-state index is 0.185. The third kappa shape index (κ3) is 6.52. The zero-order valence-corrected chi connectivity index (χ0v) is 17.7. The van der Waals surface area contributed by atoms with Crippen LogP contribution in [0.25, 0.3) is 5.69 Å². The Morgan fingerprint density at radius 3 is 2.32 bits per heavy atom. The van der Waals surface area contributed by atoms with E-state index in [1.807, 2.05) is 71.4 Å². The van der Waals surface area contributed by atoms with Gasteiger partial charge >= 0.3 is 0 Å². The van der Waals surface area contributed by atoms with Gasteiger partial charge in [0.1, 0.15) is 6.04 Å². The van der Waals surface area contributed by atoms with Crippen molar-refractivity contribution in [1.82, 2.24) is 20.2 Å². The van der Waals surface area contributed by atoms with Crippen LogP contribution in [0.2, 0.25) is 0 Å². The number of nitrogens with zero attached hydrogens (tertiary/aromatic N) is 2. The second-order valence-electron chi connectivity index (χ2n) is 7.42. The number of rotatable bonds is 10. The van der Waals surface area contributed by atoms with Crippen LogP contribution in [0.1, 0.15) is 24.6 Å². The van der Waals surface area contributed by atoms with Gasteiger partial charge in [-0.1, -0.05) is 55.5 Å². The summed E-state index contributed by atoms with van der Waals surface area (Å²) < 4.78 is 1.89. The van der Waals surface area contributed by atoms with E-state index in [0.29, 0.717) is 31.5 Å². The monoisotopic (exact) mass is 419 g/mol. The Labute approximate surface area is 182 Å². The first-order chi connectivity index (χ1) is 15.1. The molecule has 162 valence electrons. The lowest BCUT2D eigenvalue weighted by Gasteiger charge is -2.22. The predicted molar refractivity (Wildman–Crippen MR) is 121 cm³/mol. The van der Waals surface area contributed by atoms with Gasteiger partial charge < -0.3 is 20.9 Å². The number of benzene rings is 2. The second kappa shape index (κ2) is 11.1. The highest BCUT2D eigenvalue weighted by atomic mass is 16.2. The molecule has 1 aromatic heterocycles. The molecule has 2 aromatic carbocycles. The number of hydrogen-bond acceptors (Lipinski definition) is 4. The molecule has 0 radical (unpaired) electrons. The first-order valence-corrected chi connectivity index (χ1v) is 10.5. The van der Waals surface area contributed by atoms with Crippen LogP contribution in [0.15, 0.2) is 73.2 Å². The number of carbonyl (C=O) groups excluding carboxylic acids is 2. The zero-order valence-electron chi connectivity index (χ0n) is 17.7. The average Bonchev–Trinajstić information content (AvgIpc) is 3.28. The number of carbonyl (C=O) groups is 2. The Bertz CT molecular complexity index is 972. The van der Waals surface area contributed by atoms with Crippen LogP contribution in [0.5, 0.6) is 0 Å². The molecule has 0 saturated heterocycles. The fraction of sp³-hybridized carbons (Fsp3) is 0.292. The fourth-order valence-corrected chi connectivity index (χ4v) is 3.32. The number of nitrogens with one attached hydrogen (secondary N) is 2. The Morgan fingerprint density at radius 1 is 1.00 bits per heavy atom. The smallest absolute Gasteiger partial charge is 0.243 e. The molecule has 7 nitrogen and oxygen atoms in total. The number of aromatic nitrogens is 2. The third-order valence-corrected chi connectivity index (χ3v) is 5.03. The highest BCUT2D eigenvalue weighted by Crippen LogP contribution is 2.10. The molecular formula is C24H29N5O2. The predicted octanol–water partition coefficient (Wildman–Crippen LogP) is 2.00. The van der Waals surface area contributed by atoms with Crippen molar-refractivity contribution in [3.63, 3.8) is 0 Å². The van der Waals surface area contributed by atoms with Crippen molar-refractivity contribution in [2.45, 2.75) is 38.3 Å². The summed E-state index contributed by atoms with van der Waals surface area (Å²) in [5, 5.41) is 5.81. The Balaban J connectivity index is 1.70. The molecule has 3 rings (SSSR count). The highest BCUT2D eigenvalue weighted by molar-refractivity contribution is 5.87. The molecule has 0 unspecified atom stereocenters. The molecular weight excluding hydrogens is 390 g/mol. The first kappa shape index (κ1) is 22.2. The van der Waals surface area contributed by atoms with E-state index in [1.54, 1.807) is 13.3 Å². The summed E-state index contributed by atoms with van der Waals surface area (Å²) in [6.45, 7) is 2.06. The molecule has 31 heavy (non-hydrogen) atoms. The van der Waals surface area contributed by atoms with Crippen molar-refractivity contribution in [1.29, 1.82) is 0 Å².